The maximum Gasteiger partial charge on any atom is 0.117 e. The van der Waals surface area contributed by atoms with Crippen LogP contribution in [-0.2, 0) is 6.42 Å². The van der Waals surface area contributed by atoms with Gasteiger partial charge in [0.15, 0.2) is 0 Å². The third-order valence-electron chi connectivity index (χ3n) is 7.03. The zero-order valence-electron chi connectivity index (χ0n) is 22.0. The van der Waals surface area contributed by atoms with Crippen LogP contribution in [0.4, 0.5) is 0 Å². The molecule has 0 amide bonds. The Bertz CT molecular complexity index is 1970. The van der Waals surface area contributed by atoms with Crippen LogP contribution in [0.1, 0.15) is 16.8 Å². The van der Waals surface area contributed by atoms with Gasteiger partial charge in [-0.05, 0) is 71.6 Å². The molecule has 4 aromatic heterocycles. The van der Waals surface area contributed by atoms with Gasteiger partial charge in [-0.2, -0.15) is 0 Å². The van der Waals surface area contributed by atoms with Gasteiger partial charge >= 0.3 is 0 Å². The summed E-state index contributed by atoms with van der Waals surface area (Å²) < 4.78 is 0. The largest absolute Gasteiger partial charge is 0.255 e. The summed E-state index contributed by atoms with van der Waals surface area (Å²) in [5, 5.41) is 1.15. The zero-order valence-corrected chi connectivity index (χ0v) is 22.0. The molecule has 0 atom stereocenters. The average molecular weight is 516 g/mol. The molecule has 7 aromatic rings. The summed E-state index contributed by atoms with van der Waals surface area (Å²) in [6.45, 7) is 2.06. The van der Waals surface area contributed by atoms with Gasteiger partial charge in [0.2, 0.25) is 0 Å². The van der Waals surface area contributed by atoms with Crippen molar-refractivity contribution in [2.75, 3.05) is 0 Å². The minimum atomic E-state index is 0.674. The molecule has 0 spiro atoms. The Morgan fingerprint density at radius 2 is 1.35 bits per heavy atom. The van der Waals surface area contributed by atoms with E-state index in [0.29, 0.717) is 6.42 Å². The lowest BCUT2D eigenvalue weighted by atomic mass is 9.98. The minimum Gasteiger partial charge on any atom is -0.255 e. The van der Waals surface area contributed by atoms with Crippen LogP contribution in [0.5, 0.6) is 0 Å². The van der Waals surface area contributed by atoms with Gasteiger partial charge in [-0.3, -0.25) is 15.0 Å². The maximum atomic E-state index is 5.00. The minimum absolute atomic E-state index is 0.674. The molecule has 0 fully saturated rings. The normalized spacial score (nSPS) is 11.2. The Morgan fingerprint density at radius 1 is 0.575 bits per heavy atom. The van der Waals surface area contributed by atoms with Crippen LogP contribution < -0.4 is 0 Å². The molecule has 0 aliphatic rings. The molecule has 0 N–H and O–H groups in total. The molecule has 0 unspecified atom stereocenters. The zero-order chi connectivity index (χ0) is 26.9. The number of aryl methyl sites for hydroxylation is 1. The van der Waals surface area contributed by atoms with Crippen molar-refractivity contribution in [3.05, 3.63) is 138 Å². The van der Waals surface area contributed by atoms with E-state index in [2.05, 4.69) is 78.6 Å². The Kier molecular flexibility index (Phi) is 6.02. The standard InChI is InChI=1S/C35H25N5/c1-23-14-16-30-33(19-23)40-35(34(39-30)31-13-7-8-18-36-31)32-17-15-24(22-37-32)20-26-21-28(25-9-3-2-4-10-25)27-11-5-6-12-29(27)38-26/h2-19,21-22H,20H2,1H3. The summed E-state index contributed by atoms with van der Waals surface area (Å²) in [6.07, 6.45) is 4.36. The van der Waals surface area contributed by atoms with Gasteiger partial charge < -0.3 is 0 Å². The molecule has 0 aliphatic heterocycles. The number of pyridine rings is 3. The van der Waals surface area contributed by atoms with E-state index in [1.54, 1.807) is 6.20 Å². The highest BCUT2D eigenvalue weighted by Gasteiger charge is 2.16. The molecule has 0 radical (unpaired) electrons. The van der Waals surface area contributed by atoms with Crippen LogP contribution in [0.2, 0.25) is 0 Å². The fourth-order valence-electron chi connectivity index (χ4n) is 5.08. The third-order valence-corrected chi connectivity index (χ3v) is 7.03. The van der Waals surface area contributed by atoms with Crippen LogP contribution >= 0.6 is 0 Å². The van der Waals surface area contributed by atoms with E-state index in [-0.39, 0.29) is 0 Å². The number of aromatic nitrogens is 5. The van der Waals surface area contributed by atoms with E-state index < -0.39 is 0 Å². The van der Waals surface area contributed by atoms with Gasteiger partial charge in [-0.15, -0.1) is 0 Å². The number of nitrogens with zero attached hydrogens (tertiary/aromatic N) is 5. The lowest BCUT2D eigenvalue weighted by Crippen LogP contribution is -2.00. The highest BCUT2D eigenvalue weighted by Crippen LogP contribution is 2.31. The lowest BCUT2D eigenvalue weighted by molar-refractivity contribution is 1.08. The molecule has 0 aliphatic carbocycles. The van der Waals surface area contributed by atoms with E-state index in [0.717, 1.165) is 61.5 Å². The molecule has 190 valence electrons. The van der Waals surface area contributed by atoms with Crippen LogP contribution in [0.15, 0.2) is 122 Å². The molecule has 0 bridgehead atoms. The lowest BCUT2D eigenvalue weighted by Gasteiger charge is -2.11. The fourth-order valence-corrected chi connectivity index (χ4v) is 5.08. The predicted molar refractivity (Wildman–Crippen MR) is 161 cm³/mol. The van der Waals surface area contributed by atoms with Crippen molar-refractivity contribution in [2.45, 2.75) is 13.3 Å². The van der Waals surface area contributed by atoms with E-state index in [4.69, 9.17) is 19.9 Å². The molecule has 5 heteroatoms. The van der Waals surface area contributed by atoms with Crippen molar-refractivity contribution in [2.24, 2.45) is 0 Å². The second kappa shape index (κ2) is 10.1. The molecular formula is C35H25N5. The monoisotopic (exact) mass is 515 g/mol. The molecule has 40 heavy (non-hydrogen) atoms. The summed E-state index contributed by atoms with van der Waals surface area (Å²) in [5.74, 6) is 0. The molecule has 0 saturated heterocycles. The molecular weight excluding hydrogens is 490 g/mol. The van der Waals surface area contributed by atoms with Crippen molar-refractivity contribution in [3.8, 4) is 33.9 Å². The number of para-hydroxylation sites is 1. The first-order valence-electron chi connectivity index (χ1n) is 13.3. The van der Waals surface area contributed by atoms with Crippen LogP contribution in [0.3, 0.4) is 0 Å². The Hall–Kier alpha value is -5.29. The van der Waals surface area contributed by atoms with E-state index in [9.17, 15) is 0 Å². The number of hydrogen-bond acceptors (Lipinski definition) is 5. The maximum absolute atomic E-state index is 5.00. The van der Waals surface area contributed by atoms with Gasteiger partial charge in [0.1, 0.15) is 11.4 Å². The van der Waals surface area contributed by atoms with Crippen LogP contribution in [0, 0.1) is 6.92 Å². The first-order chi connectivity index (χ1) is 19.7. The third kappa shape index (κ3) is 4.58. The molecule has 7 rings (SSSR count). The number of fused-ring (bicyclic) bond motifs is 2. The molecule has 3 aromatic carbocycles. The van der Waals surface area contributed by atoms with E-state index >= 15 is 0 Å². The smallest absolute Gasteiger partial charge is 0.117 e. The summed E-state index contributed by atoms with van der Waals surface area (Å²) in [5.41, 5.74) is 11.2. The molecule has 5 nitrogen and oxygen atoms in total. The second-order valence-electron chi connectivity index (χ2n) is 9.90. The van der Waals surface area contributed by atoms with Crippen LogP contribution in [0.25, 0.3) is 55.8 Å². The van der Waals surface area contributed by atoms with E-state index in [1.165, 1.54) is 11.1 Å². The predicted octanol–water partition coefficient (Wildman–Crippen LogP) is 7.87. The van der Waals surface area contributed by atoms with Gasteiger partial charge in [0, 0.05) is 29.9 Å². The highest BCUT2D eigenvalue weighted by molar-refractivity contribution is 5.94. The van der Waals surface area contributed by atoms with Crippen molar-refractivity contribution >= 4 is 21.9 Å². The van der Waals surface area contributed by atoms with Crippen molar-refractivity contribution in [3.63, 3.8) is 0 Å². The quantitative estimate of drug-likeness (QED) is 0.233. The highest BCUT2D eigenvalue weighted by atomic mass is 14.9. The van der Waals surface area contributed by atoms with Gasteiger partial charge in [-0.25, -0.2) is 9.97 Å². The molecule has 4 heterocycles. The Morgan fingerprint density at radius 3 is 2.15 bits per heavy atom. The Balaban J connectivity index is 1.27. The average Bonchev–Trinajstić information content (AvgIpc) is 3.01. The van der Waals surface area contributed by atoms with Gasteiger partial charge in [0.25, 0.3) is 0 Å². The molecule has 0 saturated carbocycles. The van der Waals surface area contributed by atoms with Gasteiger partial charge in [0.05, 0.1) is 27.9 Å². The van der Waals surface area contributed by atoms with Gasteiger partial charge in [-0.1, -0.05) is 66.7 Å². The second-order valence-corrected chi connectivity index (χ2v) is 9.90. The van der Waals surface area contributed by atoms with Crippen LogP contribution in [-0.4, -0.2) is 24.9 Å². The topological polar surface area (TPSA) is 64.5 Å². The fraction of sp³-hybridized carbons (Fsp3) is 0.0571. The van der Waals surface area contributed by atoms with Crippen molar-refractivity contribution in [1.29, 1.82) is 0 Å². The van der Waals surface area contributed by atoms with Crippen molar-refractivity contribution in [1.82, 2.24) is 24.9 Å². The Labute approximate surface area is 232 Å². The first kappa shape index (κ1) is 23.8. The first-order valence-corrected chi connectivity index (χ1v) is 13.3. The number of hydrogen-bond donors (Lipinski definition) is 0. The SMILES string of the molecule is Cc1ccc2nc(-c3ccccn3)c(-c3ccc(Cc4cc(-c5ccccc5)c5ccccc5n4)cn3)nc2c1. The van der Waals surface area contributed by atoms with Crippen molar-refractivity contribution < 1.29 is 0 Å². The summed E-state index contributed by atoms with van der Waals surface area (Å²) in [4.78, 5) is 24.3. The van der Waals surface area contributed by atoms with E-state index in [1.807, 2.05) is 48.7 Å². The number of benzene rings is 3. The summed E-state index contributed by atoms with van der Waals surface area (Å²) >= 11 is 0. The number of rotatable bonds is 5. The summed E-state index contributed by atoms with van der Waals surface area (Å²) in [6, 6.07) is 37.0. The summed E-state index contributed by atoms with van der Waals surface area (Å²) in [7, 11) is 0.